The first-order valence-electron chi connectivity index (χ1n) is 5.49. The molecule has 1 unspecified atom stereocenters. The topological polar surface area (TPSA) is 50.1 Å². The fourth-order valence-corrected chi connectivity index (χ4v) is 2.03. The van der Waals surface area contributed by atoms with E-state index in [1.54, 1.807) is 16.9 Å². The van der Waals surface area contributed by atoms with E-state index in [9.17, 15) is 5.11 Å². The van der Waals surface area contributed by atoms with Gasteiger partial charge in [-0.2, -0.15) is 5.10 Å². The number of nitrogens with zero attached hydrogens (tertiary/aromatic N) is 2. The molecule has 1 heterocycles. The van der Waals surface area contributed by atoms with Crippen LogP contribution in [0.3, 0.4) is 0 Å². The zero-order valence-electron chi connectivity index (χ0n) is 9.55. The lowest BCUT2D eigenvalue weighted by molar-refractivity contribution is 0.161. The fraction of sp³-hybridized carbons (Fsp3) is 0.250. The van der Waals surface area contributed by atoms with E-state index in [4.69, 9.17) is 11.6 Å². The van der Waals surface area contributed by atoms with Crippen molar-refractivity contribution in [1.29, 1.82) is 0 Å². The predicted octanol–water partition coefficient (Wildman–Crippen LogP) is 2.77. The number of halogens is 2. The van der Waals surface area contributed by atoms with Gasteiger partial charge in [0.05, 0.1) is 17.7 Å². The quantitative estimate of drug-likeness (QED) is 0.886. The molecule has 0 fully saturated rings. The van der Waals surface area contributed by atoms with Crippen LogP contribution in [0.4, 0.5) is 5.69 Å². The number of aliphatic hydroxyl groups is 1. The number of aromatic nitrogens is 2. The molecule has 96 valence electrons. The van der Waals surface area contributed by atoms with Gasteiger partial charge >= 0.3 is 0 Å². The summed E-state index contributed by atoms with van der Waals surface area (Å²) in [6.07, 6.45) is 3.01. The highest BCUT2D eigenvalue weighted by atomic mass is 79.9. The molecule has 0 aliphatic heterocycles. The van der Waals surface area contributed by atoms with Crippen LogP contribution in [-0.2, 0) is 6.54 Å². The molecule has 1 aromatic heterocycles. The molecule has 18 heavy (non-hydrogen) atoms. The molecule has 2 aromatic rings. The van der Waals surface area contributed by atoms with Crippen molar-refractivity contribution in [2.45, 2.75) is 12.6 Å². The van der Waals surface area contributed by atoms with Crippen molar-refractivity contribution in [2.24, 2.45) is 0 Å². The minimum Gasteiger partial charge on any atom is -0.389 e. The molecule has 6 heteroatoms. The second-order valence-corrected chi connectivity index (χ2v) is 5.15. The molecule has 2 rings (SSSR count). The lowest BCUT2D eigenvalue weighted by atomic mass is 10.3. The molecule has 0 amide bonds. The molecule has 0 saturated carbocycles. The van der Waals surface area contributed by atoms with Crippen molar-refractivity contribution >= 4 is 33.2 Å². The molecule has 0 radical (unpaired) electrons. The van der Waals surface area contributed by atoms with Crippen LogP contribution in [0.25, 0.3) is 0 Å². The molecule has 0 aliphatic rings. The number of nitrogens with one attached hydrogen (secondary N) is 1. The Morgan fingerprint density at radius 2 is 2.33 bits per heavy atom. The zero-order valence-corrected chi connectivity index (χ0v) is 11.9. The van der Waals surface area contributed by atoms with Gasteiger partial charge in [-0.1, -0.05) is 11.6 Å². The zero-order chi connectivity index (χ0) is 13.0. The Balaban J connectivity index is 1.85. The van der Waals surface area contributed by atoms with Crippen LogP contribution in [0.1, 0.15) is 0 Å². The largest absolute Gasteiger partial charge is 0.389 e. The fourth-order valence-electron chi connectivity index (χ4n) is 1.53. The number of hydrogen-bond donors (Lipinski definition) is 2. The van der Waals surface area contributed by atoms with E-state index < -0.39 is 6.10 Å². The number of rotatable bonds is 5. The van der Waals surface area contributed by atoms with Crippen molar-refractivity contribution in [3.05, 3.63) is 46.2 Å². The maximum Gasteiger partial charge on any atom is 0.0907 e. The van der Waals surface area contributed by atoms with Gasteiger partial charge in [0.25, 0.3) is 0 Å². The summed E-state index contributed by atoms with van der Waals surface area (Å²) in [5.74, 6) is 0. The van der Waals surface area contributed by atoms with Crippen LogP contribution in [0, 0.1) is 0 Å². The van der Waals surface area contributed by atoms with Gasteiger partial charge in [0.15, 0.2) is 0 Å². The van der Waals surface area contributed by atoms with E-state index in [1.165, 1.54) is 0 Å². The van der Waals surface area contributed by atoms with Gasteiger partial charge in [0.2, 0.25) is 0 Å². The summed E-state index contributed by atoms with van der Waals surface area (Å²) >= 11 is 9.26. The van der Waals surface area contributed by atoms with Gasteiger partial charge in [0.1, 0.15) is 0 Å². The third-order valence-corrected chi connectivity index (χ3v) is 3.63. The van der Waals surface area contributed by atoms with E-state index in [2.05, 4.69) is 26.3 Å². The molecule has 4 nitrogen and oxygen atoms in total. The highest BCUT2D eigenvalue weighted by Crippen LogP contribution is 2.25. The first kappa shape index (κ1) is 13.4. The summed E-state index contributed by atoms with van der Waals surface area (Å²) in [6.45, 7) is 0.919. The lowest BCUT2D eigenvalue weighted by Crippen LogP contribution is -2.25. The first-order valence-corrected chi connectivity index (χ1v) is 6.66. The molecular formula is C12H13BrClN3O. The second-order valence-electron chi connectivity index (χ2n) is 3.89. The van der Waals surface area contributed by atoms with Crippen LogP contribution in [0.2, 0.25) is 5.02 Å². The van der Waals surface area contributed by atoms with Crippen molar-refractivity contribution in [2.75, 3.05) is 11.9 Å². The third kappa shape index (κ3) is 3.73. The minimum atomic E-state index is -0.501. The van der Waals surface area contributed by atoms with Gasteiger partial charge in [-0.15, -0.1) is 0 Å². The highest BCUT2D eigenvalue weighted by Gasteiger charge is 2.06. The average Bonchev–Trinajstić information content (AvgIpc) is 2.83. The maximum atomic E-state index is 9.85. The van der Waals surface area contributed by atoms with Gasteiger partial charge in [0, 0.05) is 29.1 Å². The van der Waals surface area contributed by atoms with E-state index >= 15 is 0 Å². The van der Waals surface area contributed by atoms with Crippen molar-refractivity contribution in [3.63, 3.8) is 0 Å². The number of anilines is 1. The van der Waals surface area contributed by atoms with Crippen LogP contribution < -0.4 is 5.32 Å². The van der Waals surface area contributed by atoms with Crippen molar-refractivity contribution < 1.29 is 5.11 Å². The Morgan fingerprint density at radius 3 is 3.00 bits per heavy atom. The van der Waals surface area contributed by atoms with Gasteiger partial charge in [-0.05, 0) is 40.2 Å². The maximum absolute atomic E-state index is 9.85. The standard InChI is InChI=1S/C12H13BrClN3O/c13-11-6-9(2-3-12(11)14)15-7-10(18)8-17-5-1-4-16-17/h1-6,10,15,18H,7-8H2. The number of hydrogen-bond acceptors (Lipinski definition) is 3. The molecule has 0 bridgehead atoms. The van der Waals surface area contributed by atoms with E-state index in [0.717, 1.165) is 10.2 Å². The summed E-state index contributed by atoms with van der Waals surface area (Å²) < 4.78 is 2.53. The molecule has 1 aromatic carbocycles. The van der Waals surface area contributed by atoms with E-state index in [1.807, 2.05) is 24.4 Å². The van der Waals surface area contributed by atoms with Crippen LogP contribution in [0.15, 0.2) is 41.1 Å². The predicted molar refractivity (Wildman–Crippen MR) is 75.9 cm³/mol. The third-order valence-electron chi connectivity index (χ3n) is 2.42. The smallest absolute Gasteiger partial charge is 0.0907 e. The Kier molecular flexibility index (Phi) is 4.63. The van der Waals surface area contributed by atoms with E-state index in [0.29, 0.717) is 18.1 Å². The molecular weight excluding hydrogens is 318 g/mol. The van der Waals surface area contributed by atoms with Gasteiger partial charge in [-0.25, -0.2) is 0 Å². The van der Waals surface area contributed by atoms with Crippen LogP contribution in [-0.4, -0.2) is 27.5 Å². The summed E-state index contributed by atoms with van der Waals surface area (Å²) in [5.41, 5.74) is 0.908. The Morgan fingerprint density at radius 1 is 1.50 bits per heavy atom. The molecule has 2 N–H and O–H groups in total. The van der Waals surface area contributed by atoms with Gasteiger partial charge in [-0.3, -0.25) is 4.68 Å². The lowest BCUT2D eigenvalue weighted by Gasteiger charge is -2.13. The highest BCUT2D eigenvalue weighted by molar-refractivity contribution is 9.10. The SMILES string of the molecule is OC(CNc1ccc(Cl)c(Br)c1)Cn1cccn1. The molecule has 0 aliphatic carbocycles. The molecule has 0 saturated heterocycles. The van der Waals surface area contributed by atoms with Gasteiger partial charge < -0.3 is 10.4 Å². The molecule has 0 spiro atoms. The van der Waals surface area contributed by atoms with Crippen molar-refractivity contribution in [1.82, 2.24) is 9.78 Å². The Hall–Kier alpha value is -1.04. The number of aliphatic hydroxyl groups excluding tert-OH is 1. The average molecular weight is 331 g/mol. The summed E-state index contributed by atoms with van der Waals surface area (Å²) in [5, 5.41) is 17.7. The van der Waals surface area contributed by atoms with E-state index in [-0.39, 0.29) is 0 Å². The summed E-state index contributed by atoms with van der Waals surface area (Å²) in [6, 6.07) is 7.38. The summed E-state index contributed by atoms with van der Waals surface area (Å²) in [4.78, 5) is 0. The molecule has 1 atom stereocenters. The monoisotopic (exact) mass is 329 g/mol. The minimum absolute atomic E-state index is 0.452. The van der Waals surface area contributed by atoms with Crippen LogP contribution >= 0.6 is 27.5 Å². The number of benzene rings is 1. The van der Waals surface area contributed by atoms with Crippen LogP contribution in [0.5, 0.6) is 0 Å². The first-order chi connectivity index (χ1) is 8.65. The Bertz CT molecular complexity index is 504. The Labute approximate surface area is 119 Å². The summed E-state index contributed by atoms with van der Waals surface area (Å²) in [7, 11) is 0. The second kappa shape index (κ2) is 6.22. The van der Waals surface area contributed by atoms with Crippen molar-refractivity contribution in [3.8, 4) is 0 Å². The normalized spacial score (nSPS) is 12.4.